The number of hydrogen-bond donors (Lipinski definition) is 2. The first-order valence-corrected chi connectivity index (χ1v) is 7.66. The normalized spacial score (nSPS) is 10.3. The van der Waals surface area contributed by atoms with Gasteiger partial charge >= 0.3 is 0 Å². The van der Waals surface area contributed by atoms with Crippen LogP contribution in [0.15, 0.2) is 29.8 Å². The molecule has 0 aromatic carbocycles. The molecular weight excluding hydrogens is 270 g/mol. The van der Waals surface area contributed by atoms with E-state index < -0.39 is 0 Å². The minimum absolute atomic E-state index is 0.0676. The van der Waals surface area contributed by atoms with Crippen molar-refractivity contribution in [1.82, 2.24) is 10.3 Å². The van der Waals surface area contributed by atoms with Crippen LogP contribution in [0, 0.1) is 0 Å². The summed E-state index contributed by atoms with van der Waals surface area (Å²) >= 11 is 1.68. The Labute approximate surface area is 123 Å². The van der Waals surface area contributed by atoms with Gasteiger partial charge in [0.25, 0.3) is 5.91 Å². The van der Waals surface area contributed by atoms with E-state index >= 15 is 0 Å². The highest BCUT2D eigenvalue weighted by molar-refractivity contribution is 7.10. The zero-order valence-corrected chi connectivity index (χ0v) is 12.6. The van der Waals surface area contributed by atoms with Gasteiger partial charge in [0.1, 0.15) is 5.82 Å². The van der Waals surface area contributed by atoms with Crippen LogP contribution in [-0.2, 0) is 13.0 Å². The smallest absolute Gasteiger partial charge is 0.251 e. The summed E-state index contributed by atoms with van der Waals surface area (Å²) in [5, 5.41) is 8.13. The number of pyridine rings is 1. The van der Waals surface area contributed by atoms with E-state index in [1.807, 2.05) is 6.92 Å². The second-order valence-electron chi connectivity index (χ2n) is 4.37. The quantitative estimate of drug-likeness (QED) is 0.859. The number of carbonyl (C=O) groups is 1. The number of hydrogen-bond acceptors (Lipinski definition) is 4. The molecular formula is C15H19N3OS. The van der Waals surface area contributed by atoms with Gasteiger partial charge in [-0.1, -0.05) is 6.92 Å². The zero-order chi connectivity index (χ0) is 14.4. The summed E-state index contributed by atoms with van der Waals surface area (Å²) < 4.78 is 0. The van der Waals surface area contributed by atoms with E-state index in [9.17, 15) is 4.79 Å². The predicted molar refractivity (Wildman–Crippen MR) is 83.3 cm³/mol. The standard InChI is InChI=1S/C15H19N3OS/c1-3-11-6-8-20-13(11)10-18-15(19)12-5-7-17-14(9-12)16-4-2/h5-9H,3-4,10H2,1-2H3,(H,16,17)(H,18,19). The van der Waals surface area contributed by atoms with Crippen molar-refractivity contribution in [2.24, 2.45) is 0 Å². The molecule has 106 valence electrons. The van der Waals surface area contributed by atoms with Gasteiger partial charge in [-0.2, -0.15) is 0 Å². The van der Waals surface area contributed by atoms with Crippen molar-refractivity contribution in [2.75, 3.05) is 11.9 Å². The molecule has 2 aromatic rings. The number of amides is 1. The molecule has 2 aromatic heterocycles. The summed E-state index contributed by atoms with van der Waals surface area (Å²) in [6.07, 6.45) is 2.64. The maximum absolute atomic E-state index is 12.1. The average Bonchev–Trinajstić information content (AvgIpc) is 2.93. The number of rotatable bonds is 6. The number of aromatic nitrogens is 1. The predicted octanol–water partition coefficient (Wildman–Crippen LogP) is 3.07. The van der Waals surface area contributed by atoms with Crippen LogP contribution in [0.2, 0.25) is 0 Å². The monoisotopic (exact) mass is 289 g/mol. The van der Waals surface area contributed by atoms with Crippen molar-refractivity contribution in [3.63, 3.8) is 0 Å². The molecule has 20 heavy (non-hydrogen) atoms. The Morgan fingerprint density at radius 2 is 2.20 bits per heavy atom. The van der Waals surface area contributed by atoms with E-state index in [0.29, 0.717) is 12.1 Å². The first-order chi connectivity index (χ1) is 9.74. The van der Waals surface area contributed by atoms with Gasteiger partial charge in [-0.05, 0) is 42.5 Å². The molecule has 2 N–H and O–H groups in total. The molecule has 0 aliphatic rings. The van der Waals surface area contributed by atoms with Gasteiger partial charge in [0.2, 0.25) is 0 Å². The summed E-state index contributed by atoms with van der Waals surface area (Å²) in [7, 11) is 0. The number of nitrogens with zero attached hydrogens (tertiary/aromatic N) is 1. The lowest BCUT2D eigenvalue weighted by Gasteiger charge is -2.07. The third-order valence-corrected chi connectivity index (χ3v) is 3.97. The topological polar surface area (TPSA) is 54.0 Å². The molecule has 0 saturated carbocycles. The van der Waals surface area contributed by atoms with Crippen molar-refractivity contribution < 1.29 is 4.79 Å². The lowest BCUT2D eigenvalue weighted by molar-refractivity contribution is 0.0951. The van der Waals surface area contributed by atoms with Crippen LogP contribution in [0.1, 0.15) is 34.6 Å². The third kappa shape index (κ3) is 3.57. The van der Waals surface area contributed by atoms with Gasteiger partial charge in [0.05, 0.1) is 6.54 Å². The van der Waals surface area contributed by atoms with E-state index in [1.165, 1.54) is 10.4 Å². The lowest BCUT2D eigenvalue weighted by Crippen LogP contribution is -2.23. The summed E-state index contributed by atoms with van der Waals surface area (Å²) in [6, 6.07) is 5.61. The van der Waals surface area contributed by atoms with E-state index in [0.717, 1.165) is 18.8 Å². The van der Waals surface area contributed by atoms with Gasteiger partial charge in [0.15, 0.2) is 0 Å². The SMILES string of the molecule is CCNc1cc(C(=O)NCc2sccc2CC)ccn1. The molecule has 0 saturated heterocycles. The van der Waals surface area contributed by atoms with Crippen LogP contribution < -0.4 is 10.6 Å². The Morgan fingerprint density at radius 1 is 1.35 bits per heavy atom. The highest BCUT2D eigenvalue weighted by Gasteiger charge is 2.08. The molecule has 4 nitrogen and oxygen atoms in total. The largest absolute Gasteiger partial charge is 0.370 e. The van der Waals surface area contributed by atoms with Crippen molar-refractivity contribution in [3.05, 3.63) is 45.8 Å². The minimum atomic E-state index is -0.0676. The fourth-order valence-electron chi connectivity index (χ4n) is 1.95. The number of thiophene rings is 1. The number of nitrogens with one attached hydrogen (secondary N) is 2. The molecule has 0 spiro atoms. The van der Waals surface area contributed by atoms with E-state index in [4.69, 9.17) is 0 Å². The highest BCUT2D eigenvalue weighted by atomic mass is 32.1. The van der Waals surface area contributed by atoms with Crippen LogP contribution >= 0.6 is 11.3 Å². The fourth-order valence-corrected chi connectivity index (χ4v) is 2.87. The molecule has 0 aliphatic carbocycles. The van der Waals surface area contributed by atoms with Crippen molar-refractivity contribution in [2.45, 2.75) is 26.8 Å². The van der Waals surface area contributed by atoms with Gasteiger partial charge in [-0.3, -0.25) is 4.79 Å². The van der Waals surface area contributed by atoms with Crippen LogP contribution in [-0.4, -0.2) is 17.4 Å². The molecule has 0 bridgehead atoms. The number of aryl methyl sites for hydroxylation is 1. The Hall–Kier alpha value is -1.88. The second-order valence-corrected chi connectivity index (χ2v) is 5.37. The average molecular weight is 289 g/mol. The van der Waals surface area contributed by atoms with Gasteiger partial charge in [-0.15, -0.1) is 11.3 Å². The second kappa shape index (κ2) is 7.05. The van der Waals surface area contributed by atoms with Crippen molar-refractivity contribution >= 4 is 23.1 Å². The maximum Gasteiger partial charge on any atom is 0.251 e. The number of carbonyl (C=O) groups excluding carboxylic acids is 1. The van der Waals surface area contributed by atoms with Gasteiger partial charge < -0.3 is 10.6 Å². The zero-order valence-electron chi connectivity index (χ0n) is 11.8. The minimum Gasteiger partial charge on any atom is -0.370 e. The molecule has 0 fully saturated rings. The molecule has 1 amide bonds. The van der Waals surface area contributed by atoms with Crippen LogP contribution in [0.4, 0.5) is 5.82 Å². The third-order valence-electron chi connectivity index (χ3n) is 3.01. The summed E-state index contributed by atoms with van der Waals surface area (Å²) in [6.45, 7) is 5.49. The Bertz CT molecular complexity index is 580. The Kier molecular flexibility index (Phi) is 5.12. The van der Waals surface area contributed by atoms with E-state index in [1.54, 1.807) is 29.7 Å². The van der Waals surface area contributed by atoms with Gasteiger partial charge in [-0.25, -0.2) is 4.98 Å². The van der Waals surface area contributed by atoms with Crippen molar-refractivity contribution in [1.29, 1.82) is 0 Å². The van der Waals surface area contributed by atoms with Crippen molar-refractivity contribution in [3.8, 4) is 0 Å². The lowest BCUT2D eigenvalue weighted by atomic mass is 10.2. The fraction of sp³-hybridized carbons (Fsp3) is 0.333. The van der Waals surface area contributed by atoms with Crippen LogP contribution in [0.25, 0.3) is 0 Å². The molecule has 0 radical (unpaired) electrons. The molecule has 0 unspecified atom stereocenters. The van der Waals surface area contributed by atoms with Gasteiger partial charge in [0, 0.05) is 23.2 Å². The first kappa shape index (κ1) is 14.5. The summed E-state index contributed by atoms with van der Waals surface area (Å²) in [4.78, 5) is 17.5. The molecule has 0 aliphatic heterocycles. The van der Waals surface area contributed by atoms with Crippen LogP contribution in [0.3, 0.4) is 0 Å². The van der Waals surface area contributed by atoms with Crippen LogP contribution in [0.5, 0.6) is 0 Å². The molecule has 0 atom stereocenters. The highest BCUT2D eigenvalue weighted by Crippen LogP contribution is 2.17. The summed E-state index contributed by atoms with van der Waals surface area (Å²) in [5.74, 6) is 0.660. The maximum atomic E-state index is 12.1. The van der Waals surface area contributed by atoms with E-state index in [-0.39, 0.29) is 5.91 Å². The Balaban J connectivity index is 1.99. The molecule has 5 heteroatoms. The first-order valence-electron chi connectivity index (χ1n) is 6.78. The number of anilines is 1. The molecule has 2 rings (SSSR count). The Morgan fingerprint density at radius 3 is 2.95 bits per heavy atom. The molecule has 2 heterocycles. The summed E-state index contributed by atoms with van der Waals surface area (Å²) in [5.41, 5.74) is 1.93. The van der Waals surface area contributed by atoms with E-state index in [2.05, 4.69) is 34.0 Å².